The number of nitrogens with zero attached hydrogens (tertiary/aromatic N) is 1. The molecule has 0 aliphatic carbocycles. The van der Waals surface area contributed by atoms with Gasteiger partial charge < -0.3 is 4.90 Å². The van der Waals surface area contributed by atoms with E-state index < -0.39 is 36.1 Å². The normalized spacial score (nSPS) is 20.8. The number of piperidine rings is 1. The Kier molecular flexibility index (Phi) is 3.47. The van der Waals surface area contributed by atoms with Crippen LogP contribution in [-0.4, -0.2) is 24.5 Å². The zero-order valence-corrected chi connectivity index (χ0v) is 9.68. The molecule has 0 saturated carbocycles. The van der Waals surface area contributed by atoms with Gasteiger partial charge in [0.25, 0.3) is 0 Å². The van der Waals surface area contributed by atoms with Crippen LogP contribution in [0.3, 0.4) is 0 Å². The zero-order valence-electron chi connectivity index (χ0n) is 9.68. The van der Waals surface area contributed by atoms with E-state index >= 15 is 0 Å². The zero-order chi connectivity index (χ0) is 14.2. The lowest BCUT2D eigenvalue weighted by Crippen LogP contribution is -2.51. The van der Waals surface area contributed by atoms with Crippen LogP contribution in [-0.2, 0) is 4.79 Å². The molecule has 0 amide bonds. The molecule has 0 bridgehead atoms. The Labute approximate surface area is 105 Å². The smallest absolute Gasteiger partial charge is 0.359 e. The van der Waals surface area contributed by atoms with Crippen molar-refractivity contribution >= 4 is 11.5 Å². The van der Waals surface area contributed by atoms with Gasteiger partial charge in [0, 0.05) is 31.1 Å². The summed E-state index contributed by atoms with van der Waals surface area (Å²) in [6, 6.07) is 0.214. The largest absolute Gasteiger partial charge is 0.409 e. The van der Waals surface area contributed by atoms with Gasteiger partial charge in [-0.15, -0.1) is 0 Å². The molecule has 2 nitrogen and oxygen atoms in total. The molecule has 104 valence electrons. The second kappa shape index (κ2) is 4.79. The van der Waals surface area contributed by atoms with Crippen molar-refractivity contribution in [3.05, 3.63) is 29.8 Å². The van der Waals surface area contributed by atoms with E-state index in [1.807, 2.05) is 0 Å². The number of hydrogen-bond donors (Lipinski definition) is 0. The predicted molar refractivity (Wildman–Crippen MR) is 57.8 cm³/mol. The van der Waals surface area contributed by atoms with Gasteiger partial charge in [0.2, 0.25) is 0 Å². The van der Waals surface area contributed by atoms with Gasteiger partial charge >= 0.3 is 6.18 Å². The number of hydrogen-bond acceptors (Lipinski definition) is 2. The van der Waals surface area contributed by atoms with E-state index in [9.17, 15) is 26.7 Å². The maximum Gasteiger partial charge on any atom is 0.409 e. The van der Waals surface area contributed by atoms with Gasteiger partial charge in [-0.25, -0.2) is 8.78 Å². The number of carbonyl (C=O) groups is 1. The fraction of sp³-hybridized carbons (Fsp3) is 0.417. The topological polar surface area (TPSA) is 20.3 Å². The Morgan fingerprint density at radius 3 is 2.21 bits per heavy atom. The molecule has 1 aliphatic rings. The summed E-state index contributed by atoms with van der Waals surface area (Å²) in [6.07, 6.45) is -5.38. The molecule has 1 aromatic carbocycles. The molecule has 0 spiro atoms. The van der Waals surface area contributed by atoms with Crippen molar-refractivity contribution in [3.8, 4) is 0 Å². The lowest BCUT2D eigenvalue weighted by molar-refractivity contribution is -0.158. The van der Waals surface area contributed by atoms with Gasteiger partial charge in [-0.05, 0) is 12.1 Å². The molecule has 1 aromatic rings. The first-order valence-electron chi connectivity index (χ1n) is 5.58. The lowest BCUT2D eigenvalue weighted by Gasteiger charge is -2.37. The Morgan fingerprint density at radius 1 is 1.11 bits per heavy atom. The standard InChI is InChI=1S/C12H10F5NO/c13-7-3-8(14)5-9(4-7)18-2-1-10(19)6-11(18)12(15,16)17/h3-5,11H,1-2,6H2. The average Bonchev–Trinajstić information content (AvgIpc) is 2.26. The van der Waals surface area contributed by atoms with Gasteiger partial charge in [0.1, 0.15) is 23.5 Å². The molecule has 1 unspecified atom stereocenters. The van der Waals surface area contributed by atoms with Crippen molar-refractivity contribution in [1.29, 1.82) is 0 Å². The van der Waals surface area contributed by atoms with Crippen LogP contribution >= 0.6 is 0 Å². The fourth-order valence-corrected chi connectivity index (χ4v) is 2.14. The highest BCUT2D eigenvalue weighted by Gasteiger charge is 2.46. The minimum absolute atomic E-state index is 0.0648. The summed E-state index contributed by atoms with van der Waals surface area (Å²) in [6.45, 7) is -0.202. The van der Waals surface area contributed by atoms with E-state index in [-0.39, 0.29) is 18.7 Å². The second-order valence-corrected chi connectivity index (χ2v) is 4.37. The third kappa shape index (κ3) is 3.02. The van der Waals surface area contributed by atoms with Crippen LogP contribution in [0.25, 0.3) is 0 Å². The predicted octanol–water partition coefficient (Wildman–Crippen LogP) is 3.07. The first-order valence-corrected chi connectivity index (χ1v) is 5.58. The number of alkyl halides is 3. The Bertz CT molecular complexity index is 479. The van der Waals surface area contributed by atoms with Gasteiger partial charge in [-0.1, -0.05) is 0 Å². The summed E-state index contributed by atoms with van der Waals surface area (Å²) < 4.78 is 64.7. The van der Waals surface area contributed by atoms with Crippen molar-refractivity contribution in [1.82, 2.24) is 0 Å². The van der Waals surface area contributed by atoms with Crippen molar-refractivity contribution in [2.24, 2.45) is 0 Å². The van der Waals surface area contributed by atoms with Crippen molar-refractivity contribution < 1.29 is 26.7 Å². The van der Waals surface area contributed by atoms with E-state index in [0.29, 0.717) is 6.07 Å². The number of rotatable bonds is 1. The molecule has 0 radical (unpaired) electrons. The molecule has 1 heterocycles. The van der Waals surface area contributed by atoms with Crippen LogP contribution in [0.4, 0.5) is 27.6 Å². The molecule has 0 N–H and O–H groups in total. The Morgan fingerprint density at radius 2 is 1.68 bits per heavy atom. The Balaban J connectivity index is 2.37. The number of anilines is 1. The molecule has 19 heavy (non-hydrogen) atoms. The molecule has 0 aromatic heterocycles. The van der Waals surface area contributed by atoms with Crippen molar-refractivity contribution in [3.63, 3.8) is 0 Å². The third-order valence-electron chi connectivity index (χ3n) is 2.99. The summed E-state index contributed by atoms with van der Waals surface area (Å²) in [4.78, 5) is 12.0. The molecule has 1 saturated heterocycles. The molecular weight excluding hydrogens is 269 g/mol. The number of ketones is 1. The van der Waals surface area contributed by atoms with E-state index in [1.165, 1.54) is 0 Å². The molecule has 1 fully saturated rings. The monoisotopic (exact) mass is 279 g/mol. The molecular formula is C12H10F5NO. The van der Waals surface area contributed by atoms with Crippen LogP contribution < -0.4 is 4.90 Å². The number of carbonyl (C=O) groups excluding carboxylic acids is 1. The van der Waals surface area contributed by atoms with Gasteiger partial charge in [-0.2, -0.15) is 13.2 Å². The molecule has 1 aliphatic heterocycles. The minimum Gasteiger partial charge on any atom is -0.359 e. The maximum absolute atomic E-state index is 13.1. The first kappa shape index (κ1) is 13.8. The summed E-state index contributed by atoms with van der Waals surface area (Å²) in [5, 5.41) is 0. The van der Waals surface area contributed by atoms with E-state index in [0.717, 1.165) is 17.0 Å². The minimum atomic E-state index is -4.63. The highest BCUT2D eigenvalue weighted by atomic mass is 19.4. The summed E-state index contributed by atoms with van der Waals surface area (Å²) in [5.41, 5.74) is -0.202. The SMILES string of the molecule is O=C1CCN(c2cc(F)cc(F)c2)C(C(F)(F)F)C1. The van der Waals surface area contributed by atoms with E-state index in [1.54, 1.807) is 0 Å². The summed E-state index contributed by atoms with van der Waals surface area (Å²) >= 11 is 0. The highest BCUT2D eigenvalue weighted by molar-refractivity contribution is 5.82. The third-order valence-corrected chi connectivity index (χ3v) is 2.99. The lowest BCUT2D eigenvalue weighted by atomic mass is 9.99. The first-order chi connectivity index (χ1) is 8.77. The van der Waals surface area contributed by atoms with Gasteiger partial charge in [-0.3, -0.25) is 4.79 Å². The average molecular weight is 279 g/mol. The summed E-state index contributed by atoms with van der Waals surface area (Å²) in [7, 11) is 0. The van der Waals surface area contributed by atoms with E-state index in [4.69, 9.17) is 0 Å². The second-order valence-electron chi connectivity index (χ2n) is 4.37. The van der Waals surface area contributed by atoms with Crippen LogP contribution in [0.1, 0.15) is 12.8 Å². The van der Waals surface area contributed by atoms with Crippen LogP contribution in [0.5, 0.6) is 0 Å². The Hall–Kier alpha value is -1.66. The fourth-order valence-electron chi connectivity index (χ4n) is 2.14. The van der Waals surface area contributed by atoms with Gasteiger partial charge in [0.15, 0.2) is 0 Å². The quantitative estimate of drug-likeness (QED) is 0.736. The molecule has 2 rings (SSSR count). The van der Waals surface area contributed by atoms with Crippen molar-refractivity contribution in [2.45, 2.75) is 25.1 Å². The van der Waals surface area contributed by atoms with Crippen LogP contribution in [0.2, 0.25) is 0 Å². The van der Waals surface area contributed by atoms with Crippen molar-refractivity contribution in [2.75, 3.05) is 11.4 Å². The maximum atomic E-state index is 13.1. The number of Topliss-reactive ketones (excluding diaryl/α,β-unsaturated/α-hetero) is 1. The molecule has 7 heteroatoms. The highest BCUT2D eigenvalue weighted by Crippen LogP contribution is 2.34. The van der Waals surface area contributed by atoms with Crippen LogP contribution in [0, 0.1) is 11.6 Å². The van der Waals surface area contributed by atoms with E-state index in [2.05, 4.69) is 0 Å². The molecule has 1 atom stereocenters. The van der Waals surface area contributed by atoms with Gasteiger partial charge in [0.05, 0.1) is 0 Å². The number of halogens is 5. The summed E-state index contributed by atoms with van der Waals surface area (Å²) in [5.74, 6) is -2.41. The number of benzene rings is 1. The van der Waals surface area contributed by atoms with Crippen LogP contribution in [0.15, 0.2) is 18.2 Å².